The highest BCUT2D eigenvalue weighted by atomic mass is 19.1. The summed E-state index contributed by atoms with van der Waals surface area (Å²) in [5.41, 5.74) is 3.34. The predicted molar refractivity (Wildman–Crippen MR) is 131 cm³/mol. The zero-order valence-electron chi connectivity index (χ0n) is 19.8. The number of carbonyl (C=O) groups is 1. The van der Waals surface area contributed by atoms with Crippen LogP contribution in [-0.4, -0.2) is 55.7 Å². The second-order valence-electron chi connectivity index (χ2n) is 9.02. The number of amides is 1. The molecule has 34 heavy (non-hydrogen) atoms. The van der Waals surface area contributed by atoms with Gasteiger partial charge in [0.1, 0.15) is 18.2 Å². The third-order valence-corrected chi connectivity index (χ3v) is 6.67. The number of carbonyl (C=O) groups excluding carboxylic acids is 1. The quantitative estimate of drug-likeness (QED) is 0.442. The lowest BCUT2D eigenvalue weighted by atomic mass is 9.93. The normalized spacial score (nSPS) is 15.0. The third-order valence-electron chi connectivity index (χ3n) is 6.67. The topological polar surface area (TPSA) is 66.6 Å². The first kappa shape index (κ1) is 24.2. The highest BCUT2D eigenvalue weighted by Gasteiger charge is 2.19. The minimum absolute atomic E-state index is 0.0233. The van der Waals surface area contributed by atoms with Crippen molar-refractivity contribution in [2.45, 2.75) is 32.3 Å². The lowest BCUT2D eigenvalue weighted by Crippen LogP contribution is -2.36. The molecule has 6 nitrogen and oxygen atoms in total. The van der Waals surface area contributed by atoms with Crippen molar-refractivity contribution in [2.75, 3.05) is 39.9 Å². The average Bonchev–Trinajstić information content (AvgIpc) is 3.27. The number of fused-ring (bicyclic) bond motifs is 1. The molecule has 2 heterocycles. The summed E-state index contributed by atoms with van der Waals surface area (Å²) in [7, 11) is 1.70. The van der Waals surface area contributed by atoms with Crippen LogP contribution in [0.4, 0.5) is 4.39 Å². The maximum atomic E-state index is 12.9. The summed E-state index contributed by atoms with van der Waals surface area (Å²) in [6.07, 6.45) is 6.46. The van der Waals surface area contributed by atoms with Crippen molar-refractivity contribution in [1.29, 1.82) is 0 Å². The van der Waals surface area contributed by atoms with Gasteiger partial charge in [-0.2, -0.15) is 0 Å². The molecule has 1 fully saturated rings. The number of halogens is 1. The van der Waals surface area contributed by atoms with Gasteiger partial charge in [-0.05, 0) is 86.1 Å². The van der Waals surface area contributed by atoms with Crippen LogP contribution in [0.3, 0.4) is 0 Å². The number of nitrogens with zero attached hydrogens (tertiary/aromatic N) is 1. The molecule has 1 aromatic heterocycles. The summed E-state index contributed by atoms with van der Waals surface area (Å²) in [5.74, 6) is 1.16. The fourth-order valence-corrected chi connectivity index (χ4v) is 4.58. The molecule has 1 aliphatic heterocycles. The molecule has 0 atom stereocenters. The van der Waals surface area contributed by atoms with E-state index in [0.29, 0.717) is 19.1 Å². The Bertz CT molecular complexity index is 1060. The van der Waals surface area contributed by atoms with Crippen molar-refractivity contribution in [1.82, 2.24) is 15.2 Å². The van der Waals surface area contributed by atoms with Crippen molar-refractivity contribution in [2.24, 2.45) is 5.92 Å². The Morgan fingerprint density at radius 3 is 2.74 bits per heavy atom. The van der Waals surface area contributed by atoms with Gasteiger partial charge in [-0.1, -0.05) is 12.1 Å². The van der Waals surface area contributed by atoms with Gasteiger partial charge < -0.3 is 24.7 Å². The predicted octanol–water partition coefficient (Wildman–Crippen LogP) is 4.29. The van der Waals surface area contributed by atoms with E-state index in [4.69, 9.17) is 9.47 Å². The van der Waals surface area contributed by atoms with Crippen LogP contribution in [0.5, 0.6) is 5.75 Å². The van der Waals surface area contributed by atoms with Crippen molar-refractivity contribution in [3.8, 4) is 5.75 Å². The molecule has 4 rings (SSSR count). The molecule has 0 unspecified atom stereocenters. The number of rotatable bonds is 11. The monoisotopic (exact) mass is 467 g/mol. The first-order valence-corrected chi connectivity index (χ1v) is 12.1. The van der Waals surface area contributed by atoms with Gasteiger partial charge in [-0.15, -0.1) is 0 Å². The van der Waals surface area contributed by atoms with Gasteiger partial charge in [0, 0.05) is 30.2 Å². The molecular formula is C27H34FN3O3. The summed E-state index contributed by atoms with van der Waals surface area (Å²) >= 11 is 0. The smallest absolute Gasteiger partial charge is 0.246 e. The van der Waals surface area contributed by atoms with Gasteiger partial charge in [-0.3, -0.25) is 4.79 Å². The van der Waals surface area contributed by atoms with E-state index in [9.17, 15) is 9.18 Å². The van der Waals surface area contributed by atoms with Gasteiger partial charge >= 0.3 is 0 Å². The third kappa shape index (κ3) is 6.81. The molecule has 182 valence electrons. The Hall–Kier alpha value is -2.90. The Kier molecular flexibility index (Phi) is 8.55. The second-order valence-corrected chi connectivity index (χ2v) is 9.02. The zero-order chi connectivity index (χ0) is 23.8. The zero-order valence-corrected chi connectivity index (χ0v) is 19.8. The van der Waals surface area contributed by atoms with E-state index in [1.807, 2.05) is 6.07 Å². The van der Waals surface area contributed by atoms with Crippen molar-refractivity contribution >= 4 is 16.8 Å². The van der Waals surface area contributed by atoms with E-state index in [1.54, 1.807) is 19.2 Å². The van der Waals surface area contributed by atoms with Crippen LogP contribution in [0.2, 0.25) is 0 Å². The Morgan fingerprint density at radius 2 is 1.97 bits per heavy atom. The number of piperidine rings is 1. The molecule has 2 N–H and O–H groups in total. The van der Waals surface area contributed by atoms with Gasteiger partial charge in [0.05, 0.1) is 13.7 Å². The number of benzene rings is 2. The van der Waals surface area contributed by atoms with Gasteiger partial charge in [0.2, 0.25) is 5.91 Å². The van der Waals surface area contributed by atoms with Crippen LogP contribution in [0.15, 0.2) is 48.7 Å². The number of hydrogen-bond acceptors (Lipinski definition) is 4. The molecule has 3 aromatic rings. The molecule has 0 radical (unpaired) electrons. The molecule has 0 bridgehead atoms. The summed E-state index contributed by atoms with van der Waals surface area (Å²) in [6.45, 7) is 4.27. The second kappa shape index (κ2) is 12.0. The van der Waals surface area contributed by atoms with E-state index in [2.05, 4.69) is 33.5 Å². The summed E-state index contributed by atoms with van der Waals surface area (Å²) in [6, 6.07) is 12.3. The maximum absolute atomic E-state index is 12.9. The Morgan fingerprint density at radius 1 is 1.18 bits per heavy atom. The summed E-state index contributed by atoms with van der Waals surface area (Å²) < 4.78 is 23.7. The number of aromatic nitrogens is 1. The number of H-pyrrole nitrogens is 1. The summed E-state index contributed by atoms with van der Waals surface area (Å²) in [5, 5.41) is 4.20. The molecule has 0 spiro atoms. The van der Waals surface area contributed by atoms with Gasteiger partial charge in [0.15, 0.2) is 0 Å². The lowest BCUT2D eigenvalue weighted by Gasteiger charge is -2.32. The first-order chi connectivity index (χ1) is 16.6. The molecule has 0 saturated carbocycles. The van der Waals surface area contributed by atoms with Crippen LogP contribution in [0, 0.1) is 11.7 Å². The van der Waals surface area contributed by atoms with Gasteiger partial charge in [-0.25, -0.2) is 4.39 Å². The van der Waals surface area contributed by atoms with Crippen molar-refractivity contribution < 1.29 is 18.7 Å². The summed E-state index contributed by atoms with van der Waals surface area (Å²) in [4.78, 5) is 17.9. The molecule has 1 amide bonds. The number of nitrogens with one attached hydrogen (secondary N) is 2. The highest BCUT2D eigenvalue weighted by Crippen LogP contribution is 2.25. The fraction of sp³-hybridized carbons (Fsp3) is 0.444. The lowest BCUT2D eigenvalue weighted by molar-refractivity contribution is -0.126. The number of methoxy groups -OCH3 is 1. The Balaban J connectivity index is 1.09. The van der Waals surface area contributed by atoms with Crippen LogP contribution >= 0.6 is 0 Å². The number of hydrogen-bond donors (Lipinski definition) is 2. The number of likely N-dealkylation sites (tertiary alicyclic amines) is 1. The van der Waals surface area contributed by atoms with E-state index < -0.39 is 0 Å². The highest BCUT2D eigenvalue weighted by molar-refractivity contribution is 5.84. The van der Waals surface area contributed by atoms with Gasteiger partial charge in [0.25, 0.3) is 0 Å². The number of aromatic amines is 1. The minimum atomic E-state index is -0.275. The first-order valence-electron chi connectivity index (χ1n) is 12.1. The molecule has 1 aliphatic rings. The molecule has 1 saturated heterocycles. The largest absolute Gasteiger partial charge is 0.497 e. The average molecular weight is 468 g/mol. The van der Waals surface area contributed by atoms with Crippen LogP contribution in [-0.2, 0) is 22.6 Å². The van der Waals surface area contributed by atoms with Crippen LogP contribution in [0.25, 0.3) is 10.9 Å². The number of ether oxygens (including phenoxy) is 2. The van der Waals surface area contributed by atoms with E-state index in [0.717, 1.165) is 49.3 Å². The SMILES string of the molecule is COc1ccc2[nH]cc(CCN3CCC(CCNC(=O)COCc4ccc(F)cc4)CC3)c2c1. The van der Waals surface area contributed by atoms with E-state index >= 15 is 0 Å². The molecule has 2 aromatic carbocycles. The van der Waals surface area contributed by atoms with Crippen LogP contribution < -0.4 is 10.1 Å². The molecule has 0 aliphatic carbocycles. The van der Waals surface area contributed by atoms with E-state index in [-0.39, 0.29) is 18.3 Å². The fourth-order valence-electron chi connectivity index (χ4n) is 4.58. The Labute approximate surface area is 200 Å². The minimum Gasteiger partial charge on any atom is -0.497 e. The standard InChI is InChI=1S/C27H34FN3O3/c1-33-24-6-7-26-25(16-24)22(17-30-26)11-15-31-13-9-20(10-14-31)8-12-29-27(32)19-34-18-21-2-4-23(28)5-3-21/h2-7,16-17,20,30H,8-15,18-19H2,1H3,(H,29,32). The molecular weight excluding hydrogens is 433 g/mol. The van der Waals surface area contributed by atoms with Crippen LogP contribution in [0.1, 0.15) is 30.4 Å². The van der Waals surface area contributed by atoms with Crippen molar-refractivity contribution in [3.63, 3.8) is 0 Å². The molecule has 7 heteroatoms. The van der Waals surface area contributed by atoms with Crippen molar-refractivity contribution in [3.05, 3.63) is 65.6 Å². The maximum Gasteiger partial charge on any atom is 0.246 e. The van der Waals surface area contributed by atoms with E-state index in [1.165, 1.54) is 35.9 Å².